The number of hydrogen-bond donors (Lipinski definition) is 0. The van der Waals surface area contributed by atoms with Crippen LogP contribution in [0.5, 0.6) is 5.75 Å². The fraction of sp³-hybridized carbons (Fsp3) is 0.471. The third kappa shape index (κ3) is 4.13. The zero-order valence-corrected chi connectivity index (χ0v) is 14.0. The first kappa shape index (κ1) is 16.1. The van der Waals surface area contributed by atoms with Gasteiger partial charge in [-0.2, -0.15) is 0 Å². The first-order chi connectivity index (χ1) is 11.3. The Labute approximate surface area is 139 Å². The van der Waals surface area contributed by atoms with Crippen LogP contribution in [0.3, 0.4) is 0 Å². The Hall–Kier alpha value is -1.82. The molecular weight excluding hydrogens is 312 g/mol. The van der Waals surface area contributed by atoms with Gasteiger partial charge < -0.3 is 9.15 Å². The number of benzene rings is 1. The van der Waals surface area contributed by atoms with Gasteiger partial charge in [-0.15, -0.1) is 10.2 Å². The Morgan fingerprint density at radius 3 is 2.65 bits per heavy atom. The number of Topliss-reactive ketones (excluding diaryl/α,β-unsaturated/α-hetero) is 1. The Bertz CT molecular complexity index is 648. The minimum absolute atomic E-state index is 0.222. The first-order valence-electron chi connectivity index (χ1n) is 7.89. The summed E-state index contributed by atoms with van der Waals surface area (Å²) < 4.78 is 10.8. The fourth-order valence-corrected chi connectivity index (χ4v) is 3.53. The highest BCUT2D eigenvalue weighted by Crippen LogP contribution is 2.28. The van der Waals surface area contributed by atoms with E-state index in [4.69, 9.17) is 9.15 Å². The smallest absolute Gasteiger partial charge is 0.277 e. The maximum atomic E-state index is 12.2. The van der Waals surface area contributed by atoms with Crippen LogP contribution in [0.25, 0.3) is 11.5 Å². The molecule has 0 N–H and O–H groups in total. The molecule has 3 rings (SSSR count). The van der Waals surface area contributed by atoms with Crippen molar-refractivity contribution < 1.29 is 13.9 Å². The molecule has 0 spiro atoms. The molecule has 1 aliphatic rings. The van der Waals surface area contributed by atoms with Crippen LogP contribution in [0.2, 0.25) is 0 Å². The molecule has 23 heavy (non-hydrogen) atoms. The zero-order chi connectivity index (χ0) is 16.1. The van der Waals surface area contributed by atoms with Crippen molar-refractivity contribution in [3.05, 3.63) is 24.3 Å². The van der Waals surface area contributed by atoms with E-state index in [1.165, 1.54) is 31.0 Å². The zero-order valence-electron chi connectivity index (χ0n) is 13.2. The molecule has 1 saturated carbocycles. The van der Waals surface area contributed by atoms with Crippen LogP contribution in [0.15, 0.2) is 33.9 Å². The predicted molar refractivity (Wildman–Crippen MR) is 88.6 cm³/mol. The van der Waals surface area contributed by atoms with Gasteiger partial charge in [-0.05, 0) is 37.1 Å². The molecule has 122 valence electrons. The molecule has 0 unspecified atom stereocenters. The van der Waals surface area contributed by atoms with Gasteiger partial charge in [-0.3, -0.25) is 4.79 Å². The van der Waals surface area contributed by atoms with Crippen LogP contribution < -0.4 is 4.74 Å². The molecule has 0 amide bonds. The standard InChI is InChI=1S/C17H20N2O3S/c1-21-14-9-7-13(8-10-14)16-18-19-17(22-16)23-11-15(20)12-5-3-2-4-6-12/h7-10,12H,2-6,11H2,1H3. The Morgan fingerprint density at radius 2 is 1.96 bits per heavy atom. The number of hydrogen-bond acceptors (Lipinski definition) is 6. The normalized spacial score (nSPS) is 15.5. The maximum absolute atomic E-state index is 12.2. The van der Waals surface area contributed by atoms with Crippen LogP contribution in [-0.4, -0.2) is 28.8 Å². The lowest BCUT2D eigenvalue weighted by Crippen LogP contribution is -2.19. The average Bonchev–Trinajstić information content (AvgIpc) is 3.09. The van der Waals surface area contributed by atoms with Crippen LogP contribution in [-0.2, 0) is 4.79 Å². The first-order valence-corrected chi connectivity index (χ1v) is 8.88. The maximum Gasteiger partial charge on any atom is 0.277 e. The number of ether oxygens (including phenoxy) is 1. The summed E-state index contributed by atoms with van der Waals surface area (Å²) >= 11 is 1.33. The van der Waals surface area contributed by atoms with E-state index in [2.05, 4.69) is 10.2 Å². The van der Waals surface area contributed by atoms with Crippen LogP contribution >= 0.6 is 11.8 Å². The summed E-state index contributed by atoms with van der Waals surface area (Å²) in [5.74, 6) is 2.18. The molecule has 1 fully saturated rings. The number of nitrogens with zero attached hydrogens (tertiary/aromatic N) is 2. The quantitative estimate of drug-likeness (QED) is 0.745. The molecule has 1 heterocycles. The number of methoxy groups -OCH3 is 1. The van der Waals surface area contributed by atoms with Crippen molar-refractivity contribution in [2.75, 3.05) is 12.9 Å². The van der Waals surface area contributed by atoms with Crippen molar-refractivity contribution in [2.24, 2.45) is 5.92 Å². The molecule has 0 aliphatic heterocycles. The van der Waals surface area contributed by atoms with Gasteiger partial charge in [-0.25, -0.2) is 0 Å². The highest BCUT2D eigenvalue weighted by molar-refractivity contribution is 7.99. The van der Waals surface area contributed by atoms with Gasteiger partial charge in [0.2, 0.25) is 5.89 Å². The number of carbonyl (C=O) groups excluding carboxylic acids is 1. The number of rotatable bonds is 6. The highest BCUT2D eigenvalue weighted by Gasteiger charge is 2.21. The third-order valence-corrected chi connectivity index (χ3v) is 4.98. The molecular formula is C17H20N2O3S. The van der Waals surface area contributed by atoms with Gasteiger partial charge in [0.1, 0.15) is 11.5 Å². The monoisotopic (exact) mass is 332 g/mol. The average molecular weight is 332 g/mol. The van der Waals surface area contributed by atoms with E-state index < -0.39 is 0 Å². The van der Waals surface area contributed by atoms with Crippen molar-refractivity contribution in [2.45, 2.75) is 37.3 Å². The van der Waals surface area contributed by atoms with Crippen LogP contribution in [0, 0.1) is 5.92 Å². The Morgan fingerprint density at radius 1 is 1.22 bits per heavy atom. The van der Waals surface area contributed by atoms with Crippen molar-refractivity contribution in [3.8, 4) is 17.2 Å². The van der Waals surface area contributed by atoms with Gasteiger partial charge in [0, 0.05) is 11.5 Å². The van der Waals surface area contributed by atoms with E-state index in [-0.39, 0.29) is 5.92 Å². The lowest BCUT2D eigenvalue weighted by atomic mass is 9.87. The fourth-order valence-electron chi connectivity index (χ4n) is 2.79. The highest BCUT2D eigenvalue weighted by atomic mass is 32.2. The summed E-state index contributed by atoms with van der Waals surface area (Å²) in [5, 5.41) is 8.50. The van der Waals surface area contributed by atoms with E-state index >= 15 is 0 Å². The number of thioether (sulfide) groups is 1. The molecule has 0 radical (unpaired) electrons. The minimum Gasteiger partial charge on any atom is -0.497 e. The summed E-state index contributed by atoms with van der Waals surface area (Å²) in [7, 11) is 1.62. The van der Waals surface area contributed by atoms with Crippen molar-refractivity contribution >= 4 is 17.5 Å². The van der Waals surface area contributed by atoms with Gasteiger partial charge in [0.05, 0.1) is 12.9 Å². The number of ketones is 1. The molecule has 6 heteroatoms. The topological polar surface area (TPSA) is 65.2 Å². The third-order valence-electron chi connectivity index (χ3n) is 4.14. The van der Waals surface area contributed by atoms with E-state index in [9.17, 15) is 4.79 Å². The summed E-state index contributed by atoms with van der Waals surface area (Å²) in [6.07, 6.45) is 5.65. The van der Waals surface area contributed by atoms with Crippen LogP contribution in [0.4, 0.5) is 0 Å². The molecule has 5 nitrogen and oxygen atoms in total. The summed E-state index contributed by atoms with van der Waals surface area (Å²) in [6.45, 7) is 0. The molecule has 1 aromatic heterocycles. The van der Waals surface area contributed by atoms with Crippen molar-refractivity contribution in [1.29, 1.82) is 0 Å². The second-order valence-corrected chi connectivity index (χ2v) is 6.62. The largest absolute Gasteiger partial charge is 0.497 e. The molecule has 0 atom stereocenters. The van der Waals surface area contributed by atoms with Crippen molar-refractivity contribution in [1.82, 2.24) is 10.2 Å². The molecule has 2 aromatic rings. The van der Waals surface area contributed by atoms with Crippen molar-refractivity contribution in [3.63, 3.8) is 0 Å². The minimum atomic E-state index is 0.222. The molecule has 1 aromatic carbocycles. The summed E-state index contributed by atoms with van der Waals surface area (Å²) in [4.78, 5) is 12.2. The van der Waals surface area contributed by atoms with Gasteiger partial charge in [0.25, 0.3) is 5.22 Å². The van der Waals surface area contributed by atoms with E-state index in [1.54, 1.807) is 7.11 Å². The van der Waals surface area contributed by atoms with Gasteiger partial charge >= 0.3 is 0 Å². The number of aromatic nitrogens is 2. The van der Waals surface area contributed by atoms with Gasteiger partial charge in [-0.1, -0.05) is 31.0 Å². The van der Waals surface area contributed by atoms with Crippen LogP contribution in [0.1, 0.15) is 32.1 Å². The second-order valence-electron chi connectivity index (χ2n) is 5.69. The second kappa shape index (κ2) is 7.64. The SMILES string of the molecule is COc1ccc(-c2nnc(SCC(=O)C3CCCCC3)o2)cc1. The van der Waals surface area contributed by atoms with E-state index in [0.717, 1.165) is 24.2 Å². The summed E-state index contributed by atoms with van der Waals surface area (Å²) in [5.41, 5.74) is 0.837. The lowest BCUT2D eigenvalue weighted by molar-refractivity contribution is -0.121. The van der Waals surface area contributed by atoms with E-state index in [1.807, 2.05) is 24.3 Å². The van der Waals surface area contributed by atoms with E-state index in [0.29, 0.717) is 22.6 Å². The molecule has 0 bridgehead atoms. The predicted octanol–water partition coefficient (Wildman–Crippen LogP) is 3.99. The van der Waals surface area contributed by atoms with Gasteiger partial charge in [0.15, 0.2) is 0 Å². The number of carbonyl (C=O) groups is 1. The lowest BCUT2D eigenvalue weighted by Gasteiger charge is -2.19. The summed E-state index contributed by atoms with van der Waals surface area (Å²) in [6, 6.07) is 7.43. The molecule has 0 saturated heterocycles. The Balaban J connectivity index is 1.57. The molecule has 1 aliphatic carbocycles. The Kier molecular flexibility index (Phi) is 5.33.